The molecular formula is C75H52O3. The monoisotopic (exact) mass is 1000 g/mol. The van der Waals surface area contributed by atoms with E-state index in [1.54, 1.807) is 6.08 Å². The molecule has 1 aliphatic rings. The van der Waals surface area contributed by atoms with Crippen molar-refractivity contribution in [2.45, 2.75) is 13.3 Å². The molecule has 0 saturated carbocycles. The van der Waals surface area contributed by atoms with Gasteiger partial charge in [-0.3, -0.25) is 4.79 Å². The molecule has 0 saturated heterocycles. The number of hydrogen-bond acceptors (Lipinski definition) is 3. The van der Waals surface area contributed by atoms with Crippen LogP contribution in [-0.4, -0.2) is 5.78 Å². The summed E-state index contributed by atoms with van der Waals surface area (Å²) in [7, 11) is 0. The van der Waals surface area contributed by atoms with E-state index < -0.39 is 0 Å². The van der Waals surface area contributed by atoms with Gasteiger partial charge in [-0.2, -0.15) is 0 Å². The molecule has 78 heavy (non-hydrogen) atoms. The van der Waals surface area contributed by atoms with Gasteiger partial charge in [0.25, 0.3) is 0 Å². The Kier molecular flexibility index (Phi) is 12.8. The van der Waals surface area contributed by atoms with Crippen LogP contribution in [0.2, 0.25) is 0 Å². The number of carbonyl (C=O) groups excluding carboxylic acids is 1. The maximum Gasteiger partial charge on any atom is 0.159 e. The SMILES string of the molecule is Cc1ccc(/C(=C\c2ccc(-c3c4ccccc4c(-c4ccc(/C=C(/C5=CCC(=O)C=C5)c5cccc6ccccc56)cc4)c4cc(Oc5ccccc5)ccc34)cc2Oc2ccccc2)c2cccc3ccccc23)cc1. The highest BCUT2D eigenvalue weighted by Crippen LogP contribution is 2.47. The van der Waals surface area contributed by atoms with Crippen molar-refractivity contribution >= 4 is 72.2 Å². The maximum absolute atomic E-state index is 12.4. The molecule has 0 atom stereocenters. The van der Waals surface area contributed by atoms with E-state index in [0.717, 1.165) is 111 Å². The number of rotatable bonds is 12. The first kappa shape index (κ1) is 47.6. The van der Waals surface area contributed by atoms with Crippen molar-refractivity contribution in [3.63, 3.8) is 0 Å². The predicted molar refractivity (Wildman–Crippen MR) is 326 cm³/mol. The molecule has 0 fully saturated rings. The topological polar surface area (TPSA) is 35.5 Å². The summed E-state index contributed by atoms with van der Waals surface area (Å²) in [6, 6.07) is 89.7. The summed E-state index contributed by atoms with van der Waals surface area (Å²) in [6.07, 6.45) is 10.6. The molecule has 0 aromatic heterocycles. The van der Waals surface area contributed by atoms with Crippen LogP contribution in [0.5, 0.6) is 23.0 Å². The molecule has 0 aliphatic heterocycles. The number of fused-ring (bicyclic) bond motifs is 4. The summed E-state index contributed by atoms with van der Waals surface area (Å²) >= 11 is 0. The van der Waals surface area contributed by atoms with Crippen LogP contribution in [0.1, 0.15) is 39.8 Å². The number of carbonyl (C=O) groups is 1. The molecule has 0 amide bonds. The minimum atomic E-state index is 0.110. The second-order valence-electron chi connectivity index (χ2n) is 19.9. The van der Waals surface area contributed by atoms with E-state index in [4.69, 9.17) is 9.47 Å². The Balaban J connectivity index is 0.995. The van der Waals surface area contributed by atoms with Gasteiger partial charge in [0.05, 0.1) is 0 Å². The number of ketones is 1. The van der Waals surface area contributed by atoms with E-state index in [0.29, 0.717) is 6.42 Å². The van der Waals surface area contributed by atoms with E-state index >= 15 is 0 Å². The number of ether oxygens (including phenoxy) is 2. The van der Waals surface area contributed by atoms with Crippen LogP contribution in [0, 0.1) is 6.92 Å². The summed E-state index contributed by atoms with van der Waals surface area (Å²) in [5.74, 6) is 3.12. The van der Waals surface area contributed by atoms with Gasteiger partial charge in [-0.25, -0.2) is 0 Å². The Morgan fingerprint density at radius 3 is 1.60 bits per heavy atom. The van der Waals surface area contributed by atoms with E-state index in [2.05, 4.69) is 219 Å². The third-order valence-electron chi connectivity index (χ3n) is 14.9. The molecule has 0 heterocycles. The highest BCUT2D eigenvalue weighted by Gasteiger charge is 2.21. The number of para-hydroxylation sites is 2. The number of aryl methyl sites for hydroxylation is 1. The first-order valence-electron chi connectivity index (χ1n) is 26.5. The molecule has 3 heteroatoms. The van der Waals surface area contributed by atoms with Gasteiger partial charge < -0.3 is 9.47 Å². The van der Waals surface area contributed by atoms with E-state index in [9.17, 15) is 4.79 Å². The molecule has 13 rings (SSSR count). The van der Waals surface area contributed by atoms with Gasteiger partial charge in [0.2, 0.25) is 0 Å². The van der Waals surface area contributed by atoms with Crippen molar-refractivity contribution < 1.29 is 14.3 Å². The van der Waals surface area contributed by atoms with E-state index in [1.807, 2.05) is 66.7 Å². The second-order valence-corrected chi connectivity index (χ2v) is 19.9. The largest absolute Gasteiger partial charge is 0.457 e. The molecule has 0 unspecified atom stereocenters. The molecule has 0 N–H and O–H groups in total. The van der Waals surface area contributed by atoms with Crippen LogP contribution in [0.3, 0.4) is 0 Å². The highest BCUT2D eigenvalue weighted by atomic mass is 16.5. The fourth-order valence-electron chi connectivity index (χ4n) is 11.1. The Morgan fingerprint density at radius 2 is 0.962 bits per heavy atom. The van der Waals surface area contributed by atoms with Crippen LogP contribution in [-0.2, 0) is 4.79 Å². The number of benzene rings is 12. The van der Waals surface area contributed by atoms with Gasteiger partial charge >= 0.3 is 0 Å². The molecule has 370 valence electrons. The van der Waals surface area contributed by atoms with Gasteiger partial charge in [-0.1, -0.05) is 230 Å². The minimum absolute atomic E-state index is 0.110. The molecule has 0 spiro atoms. The first-order chi connectivity index (χ1) is 38.5. The van der Waals surface area contributed by atoms with Crippen LogP contribution in [0.4, 0.5) is 0 Å². The van der Waals surface area contributed by atoms with Crippen molar-refractivity contribution in [1.29, 1.82) is 0 Å². The van der Waals surface area contributed by atoms with Crippen LogP contribution in [0.15, 0.2) is 279 Å². The fraction of sp³-hybridized carbons (Fsp3) is 0.0267. The van der Waals surface area contributed by atoms with Crippen LogP contribution in [0.25, 0.3) is 88.6 Å². The average molecular weight is 1000 g/mol. The van der Waals surface area contributed by atoms with Gasteiger partial charge in [0, 0.05) is 12.0 Å². The lowest BCUT2D eigenvalue weighted by atomic mass is 9.85. The summed E-state index contributed by atoms with van der Waals surface area (Å²) in [6.45, 7) is 2.13. The highest BCUT2D eigenvalue weighted by molar-refractivity contribution is 6.22. The van der Waals surface area contributed by atoms with Gasteiger partial charge in [0.1, 0.15) is 23.0 Å². The average Bonchev–Trinajstić information content (AvgIpc) is 3.66. The maximum atomic E-state index is 12.4. The number of allylic oxidation sites excluding steroid dienone is 5. The molecule has 0 bridgehead atoms. The molecule has 12 aromatic rings. The molecule has 12 aromatic carbocycles. The summed E-state index contributed by atoms with van der Waals surface area (Å²) in [4.78, 5) is 12.4. The second kappa shape index (κ2) is 20.9. The lowest BCUT2D eigenvalue weighted by Crippen LogP contribution is -1.99. The van der Waals surface area contributed by atoms with Crippen molar-refractivity contribution in [3.8, 4) is 45.3 Å². The minimum Gasteiger partial charge on any atom is -0.457 e. The lowest BCUT2D eigenvalue weighted by Gasteiger charge is -2.20. The van der Waals surface area contributed by atoms with Crippen LogP contribution >= 0.6 is 0 Å². The van der Waals surface area contributed by atoms with E-state index in [-0.39, 0.29) is 5.78 Å². The summed E-state index contributed by atoms with van der Waals surface area (Å²) in [5, 5.41) is 9.09. The van der Waals surface area contributed by atoms with Gasteiger partial charge in [0.15, 0.2) is 5.78 Å². The molecule has 0 radical (unpaired) electrons. The van der Waals surface area contributed by atoms with E-state index in [1.165, 1.54) is 27.1 Å². The van der Waals surface area contributed by atoms with Crippen molar-refractivity contribution in [3.05, 3.63) is 312 Å². The molecular weight excluding hydrogens is 949 g/mol. The Morgan fingerprint density at radius 1 is 0.410 bits per heavy atom. The van der Waals surface area contributed by atoms with Gasteiger partial charge in [-0.05, 0) is 172 Å². The Bertz CT molecular complexity index is 4380. The standard InChI is InChI=1S/C75H52O3/c1-50-30-34-54(35-31-50)71(66-29-15-19-53-17-9-11-25-64(53)66)47-57-38-39-58(48-73(57)78-61-22-6-3-7-23-61)75-68-27-13-12-26-67(68)74(72-49-62(44-45-69(72)75)77-60-20-4-2-5-21-60)56-36-32-51(33-37-56)46-70(55-40-42-59(76)43-41-55)65-28-14-18-52-16-8-10-24-63(52)65/h2-42,44-49H,43H2,1H3/b70-46-,71-47+. The third kappa shape index (κ3) is 9.51. The Hall–Kier alpha value is -10.1. The number of hydrogen-bond donors (Lipinski definition) is 0. The lowest BCUT2D eigenvalue weighted by molar-refractivity contribution is -0.113. The third-order valence-corrected chi connectivity index (χ3v) is 14.9. The van der Waals surface area contributed by atoms with Crippen molar-refractivity contribution in [2.75, 3.05) is 0 Å². The molecule has 3 nitrogen and oxygen atoms in total. The quantitative estimate of drug-likeness (QED) is 0.0904. The first-order valence-corrected chi connectivity index (χ1v) is 26.5. The predicted octanol–water partition coefficient (Wildman–Crippen LogP) is 20.1. The van der Waals surface area contributed by atoms with Crippen molar-refractivity contribution in [2.24, 2.45) is 0 Å². The smallest absolute Gasteiger partial charge is 0.159 e. The molecule has 1 aliphatic carbocycles. The van der Waals surface area contributed by atoms with Crippen molar-refractivity contribution in [1.82, 2.24) is 0 Å². The fourth-order valence-corrected chi connectivity index (χ4v) is 11.1. The zero-order valence-electron chi connectivity index (χ0n) is 43.1. The summed E-state index contributed by atoms with van der Waals surface area (Å²) in [5.41, 5.74) is 14.1. The Labute approximate surface area is 454 Å². The zero-order chi connectivity index (χ0) is 52.4. The zero-order valence-corrected chi connectivity index (χ0v) is 43.1. The van der Waals surface area contributed by atoms with Crippen LogP contribution < -0.4 is 9.47 Å². The normalized spacial score (nSPS) is 12.8. The van der Waals surface area contributed by atoms with Gasteiger partial charge in [-0.15, -0.1) is 0 Å². The summed E-state index contributed by atoms with van der Waals surface area (Å²) < 4.78 is 13.6.